The quantitative estimate of drug-likeness (QED) is 0.798. The standard InChI is InChI=1S/C14H18N4O2/c1-3-20-13(19)14(8-4-5-9-14)12-16-15-11-7-6-10(2)17-18(11)12/h6-7H,3-5,8-9H2,1-2H3. The van der Waals surface area contributed by atoms with Gasteiger partial charge in [-0.05, 0) is 38.8 Å². The molecule has 3 rings (SSSR count). The molecule has 0 amide bonds. The lowest BCUT2D eigenvalue weighted by atomic mass is 9.85. The van der Waals surface area contributed by atoms with Crippen LogP contribution in [0.1, 0.15) is 44.1 Å². The molecule has 6 nitrogen and oxygen atoms in total. The van der Waals surface area contributed by atoms with E-state index in [1.807, 2.05) is 26.0 Å². The average Bonchev–Trinajstić information content (AvgIpc) is 3.05. The van der Waals surface area contributed by atoms with Crippen molar-refractivity contribution in [1.29, 1.82) is 0 Å². The van der Waals surface area contributed by atoms with Crippen molar-refractivity contribution in [3.63, 3.8) is 0 Å². The van der Waals surface area contributed by atoms with Gasteiger partial charge in [-0.15, -0.1) is 10.2 Å². The Morgan fingerprint density at radius 1 is 1.35 bits per heavy atom. The van der Waals surface area contributed by atoms with Crippen molar-refractivity contribution in [2.24, 2.45) is 0 Å². The number of aromatic nitrogens is 4. The molecule has 2 aromatic rings. The number of ether oxygens (including phenoxy) is 1. The van der Waals surface area contributed by atoms with Gasteiger partial charge in [0.2, 0.25) is 0 Å². The second-order valence-corrected chi connectivity index (χ2v) is 5.28. The fraction of sp³-hybridized carbons (Fsp3) is 0.571. The number of hydrogen-bond donors (Lipinski definition) is 0. The molecular formula is C14H18N4O2. The molecule has 0 unspecified atom stereocenters. The van der Waals surface area contributed by atoms with E-state index in [-0.39, 0.29) is 5.97 Å². The molecule has 6 heteroatoms. The predicted octanol–water partition coefficient (Wildman–Crippen LogP) is 1.81. The molecule has 20 heavy (non-hydrogen) atoms. The Kier molecular flexibility index (Phi) is 3.16. The van der Waals surface area contributed by atoms with E-state index in [0.29, 0.717) is 18.1 Å². The topological polar surface area (TPSA) is 69.4 Å². The maximum atomic E-state index is 12.5. The normalized spacial score (nSPS) is 17.5. The van der Waals surface area contributed by atoms with E-state index in [0.717, 1.165) is 31.4 Å². The lowest BCUT2D eigenvalue weighted by Crippen LogP contribution is -2.37. The Bertz CT molecular complexity index is 644. The predicted molar refractivity (Wildman–Crippen MR) is 72.3 cm³/mol. The number of aryl methyl sites for hydroxylation is 1. The molecule has 1 fully saturated rings. The molecule has 106 valence electrons. The second kappa shape index (κ2) is 4.85. The van der Waals surface area contributed by atoms with Crippen LogP contribution in [0.5, 0.6) is 0 Å². The third kappa shape index (κ3) is 1.87. The van der Waals surface area contributed by atoms with Crippen LogP contribution in [0.2, 0.25) is 0 Å². The number of esters is 1. The third-order valence-electron chi connectivity index (χ3n) is 3.95. The van der Waals surface area contributed by atoms with Crippen LogP contribution >= 0.6 is 0 Å². The zero-order chi connectivity index (χ0) is 14.2. The summed E-state index contributed by atoms with van der Waals surface area (Å²) in [5.41, 5.74) is 0.854. The van der Waals surface area contributed by atoms with E-state index < -0.39 is 5.41 Å². The van der Waals surface area contributed by atoms with Gasteiger partial charge in [-0.25, -0.2) is 0 Å². The van der Waals surface area contributed by atoms with Gasteiger partial charge in [-0.2, -0.15) is 9.61 Å². The largest absolute Gasteiger partial charge is 0.465 e. The van der Waals surface area contributed by atoms with Gasteiger partial charge in [-0.3, -0.25) is 4.79 Å². The van der Waals surface area contributed by atoms with Crippen LogP contribution in [-0.4, -0.2) is 32.4 Å². The first-order chi connectivity index (χ1) is 9.67. The molecule has 0 atom stereocenters. The summed E-state index contributed by atoms with van der Waals surface area (Å²) in [6.45, 7) is 4.11. The molecule has 0 saturated heterocycles. The van der Waals surface area contributed by atoms with Gasteiger partial charge in [-0.1, -0.05) is 12.8 Å². The van der Waals surface area contributed by atoms with E-state index in [2.05, 4.69) is 15.3 Å². The minimum absolute atomic E-state index is 0.199. The molecule has 0 aliphatic heterocycles. The summed E-state index contributed by atoms with van der Waals surface area (Å²) < 4.78 is 6.98. The van der Waals surface area contributed by atoms with E-state index in [9.17, 15) is 4.79 Å². The van der Waals surface area contributed by atoms with Crippen LogP contribution in [0.3, 0.4) is 0 Å². The Hall–Kier alpha value is -1.98. The number of carbonyl (C=O) groups is 1. The summed E-state index contributed by atoms with van der Waals surface area (Å²) in [5.74, 6) is 0.419. The average molecular weight is 274 g/mol. The Morgan fingerprint density at radius 2 is 2.10 bits per heavy atom. The maximum absolute atomic E-state index is 12.5. The fourth-order valence-corrected chi connectivity index (χ4v) is 2.95. The van der Waals surface area contributed by atoms with E-state index >= 15 is 0 Å². The maximum Gasteiger partial charge on any atom is 0.319 e. The smallest absolute Gasteiger partial charge is 0.319 e. The Labute approximate surface area is 117 Å². The van der Waals surface area contributed by atoms with E-state index in [4.69, 9.17) is 4.74 Å². The zero-order valence-electron chi connectivity index (χ0n) is 11.8. The highest BCUT2D eigenvalue weighted by atomic mass is 16.5. The molecule has 0 spiro atoms. The van der Waals surface area contributed by atoms with Crippen molar-refractivity contribution >= 4 is 11.6 Å². The first-order valence-electron chi connectivity index (χ1n) is 7.04. The van der Waals surface area contributed by atoms with Crippen LogP contribution in [0.15, 0.2) is 12.1 Å². The van der Waals surface area contributed by atoms with E-state index in [1.54, 1.807) is 4.52 Å². The second-order valence-electron chi connectivity index (χ2n) is 5.28. The number of hydrogen-bond acceptors (Lipinski definition) is 5. The molecule has 0 radical (unpaired) electrons. The first kappa shape index (κ1) is 13.0. The summed E-state index contributed by atoms with van der Waals surface area (Å²) in [5, 5.41) is 12.8. The van der Waals surface area contributed by atoms with Gasteiger partial charge < -0.3 is 4.74 Å². The zero-order valence-corrected chi connectivity index (χ0v) is 11.8. The molecule has 1 saturated carbocycles. The van der Waals surface area contributed by atoms with Crippen molar-refractivity contribution in [2.75, 3.05) is 6.61 Å². The highest BCUT2D eigenvalue weighted by Crippen LogP contribution is 2.41. The van der Waals surface area contributed by atoms with Crippen molar-refractivity contribution < 1.29 is 9.53 Å². The minimum Gasteiger partial charge on any atom is -0.465 e. The molecule has 1 aliphatic rings. The van der Waals surface area contributed by atoms with Crippen LogP contribution in [0, 0.1) is 6.92 Å². The summed E-state index contributed by atoms with van der Waals surface area (Å²) in [6.07, 6.45) is 3.50. The van der Waals surface area contributed by atoms with Gasteiger partial charge in [0.1, 0.15) is 5.41 Å². The number of carbonyl (C=O) groups excluding carboxylic acids is 1. The highest BCUT2D eigenvalue weighted by Gasteiger charge is 2.48. The number of rotatable bonds is 3. The van der Waals surface area contributed by atoms with Crippen LogP contribution < -0.4 is 0 Å². The van der Waals surface area contributed by atoms with E-state index in [1.165, 1.54) is 0 Å². The molecule has 2 aromatic heterocycles. The van der Waals surface area contributed by atoms with Gasteiger partial charge in [0.25, 0.3) is 0 Å². The number of nitrogens with zero attached hydrogens (tertiary/aromatic N) is 4. The summed E-state index contributed by atoms with van der Waals surface area (Å²) in [6, 6.07) is 3.76. The van der Waals surface area contributed by atoms with Gasteiger partial charge in [0.15, 0.2) is 11.5 Å². The van der Waals surface area contributed by atoms with Crippen molar-refractivity contribution in [3.8, 4) is 0 Å². The SMILES string of the molecule is CCOC(=O)C1(c2nnc3ccc(C)nn23)CCCC1. The fourth-order valence-electron chi connectivity index (χ4n) is 2.95. The molecule has 0 aromatic carbocycles. The van der Waals surface area contributed by atoms with Crippen LogP contribution in [0.4, 0.5) is 0 Å². The first-order valence-corrected chi connectivity index (χ1v) is 7.04. The molecule has 1 aliphatic carbocycles. The molecule has 2 heterocycles. The third-order valence-corrected chi connectivity index (χ3v) is 3.95. The minimum atomic E-state index is -0.684. The Morgan fingerprint density at radius 3 is 2.80 bits per heavy atom. The van der Waals surface area contributed by atoms with Crippen molar-refractivity contribution in [2.45, 2.75) is 44.9 Å². The van der Waals surface area contributed by atoms with Crippen molar-refractivity contribution in [1.82, 2.24) is 19.8 Å². The monoisotopic (exact) mass is 274 g/mol. The van der Waals surface area contributed by atoms with Crippen molar-refractivity contribution in [3.05, 3.63) is 23.7 Å². The van der Waals surface area contributed by atoms with Gasteiger partial charge in [0, 0.05) is 0 Å². The Balaban J connectivity index is 2.15. The lowest BCUT2D eigenvalue weighted by molar-refractivity contribution is -0.150. The number of fused-ring (bicyclic) bond motifs is 1. The highest BCUT2D eigenvalue weighted by molar-refractivity contribution is 5.82. The van der Waals surface area contributed by atoms with Crippen LogP contribution in [-0.2, 0) is 14.9 Å². The van der Waals surface area contributed by atoms with Gasteiger partial charge in [0.05, 0.1) is 12.3 Å². The van der Waals surface area contributed by atoms with Crippen LogP contribution in [0.25, 0.3) is 5.65 Å². The lowest BCUT2D eigenvalue weighted by Gasteiger charge is -2.23. The summed E-state index contributed by atoms with van der Waals surface area (Å²) in [7, 11) is 0. The molecule has 0 N–H and O–H groups in total. The van der Waals surface area contributed by atoms with Gasteiger partial charge >= 0.3 is 5.97 Å². The summed E-state index contributed by atoms with van der Waals surface area (Å²) >= 11 is 0. The summed E-state index contributed by atoms with van der Waals surface area (Å²) in [4.78, 5) is 12.5. The molecule has 0 bridgehead atoms. The molecular weight excluding hydrogens is 256 g/mol.